The molecule has 0 amide bonds. The Kier molecular flexibility index (Phi) is 2.53. The lowest BCUT2D eigenvalue weighted by Crippen LogP contribution is -1.96. The van der Waals surface area contributed by atoms with E-state index in [4.69, 9.17) is 5.90 Å². The van der Waals surface area contributed by atoms with Crippen LogP contribution in [0.15, 0.2) is 12.1 Å². The van der Waals surface area contributed by atoms with Gasteiger partial charge in [-0.05, 0) is 6.07 Å². The van der Waals surface area contributed by atoms with E-state index in [2.05, 4.69) is 4.84 Å². The van der Waals surface area contributed by atoms with Gasteiger partial charge < -0.3 is 0 Å². The minimum Gasteiger partial charge on any atom is -0.299 e. The van der Waals surface area contributed by atoms with Crippen LogP contribution in [-0.4, -0.2) is 4.92 Å². The minimum atomic E-state index is -0.440. The maximum Gasteiger partial charge on any atom is 0.324 e. The highest BCUT2D eigenvalue weighted by atomic mass is 32.1. The Bertz CT molecular complexity index is 260. The van der Waals surface area contributed by atoms with Gasteiger partial charge in [0.05, 0.1) is 4.92 Å². The second-order valence-electron chi connectivity index (χ2n) is 1.81. The van der Waals surface area contributed by atoms with Gasteiger partial charge in [0, 0.05) is 10.9 Å². The van der Waals surface area contributed by atoms with Gasteiger partial charge in [-0.1, -0.05) is 11.3 Å². The third-order valence-corrected chi connectivity index (χ3v) is 2.06. The van der Waals surface area contributed by atoms with Crippen molar-refractivity contribution in [3.63, 3.8) is 0 Å². The smallest absolute Gasteiger partial charge is 0.299 e. The summed E-state index contributed by atoms with van der Waals surface area (Å²) in [5, 5.41) is 10.3. The summed E-state index contributed by atoms with van der Waals surface area (Å²) in [7, 11) is 0. The van der Waals surface area contributed by atoms with Gasteiger partial charge in [-0.15, -0.1) is 0 Å². The lowest BCUT2D eigenvalue weighted by atomic mass is 10.5. The maximum absolute atomic E-state index is 10.2. The van der Waals surface area contributed by atoms with Crippen LogP contribution in [0.1, 0.15) is 4.88 Å². The van der Waals surface area contributed by atoms with Crippen LogP contribution in [0, 0.1) is 10.1 Å². The van der Waals surface area contributed by atoms with Crippen LogP contribution in [0.2, 0.25) is 0 Å². The molecular weight excluding hydrogens is 168 g/mol. The Morgan fingerprint density at radius 3 is 2.91 bits per heavy atom. The molecule has 2 N–H and O–H groups in total. The molecule has 1 aromatic rings. The zero-order chi connectivity index (χ0) is 8.27. The van der Waals surface area contributed by atoms with E-state index in [0.29, 0.717) is 0 Å². The number of rotatable bonds is 3. The van der Waals surface area contributed by atoms with E-state index in [-0.39, 0.29) is 11.6 Å². The predicted molar refractivity (Wildman–Crippen MR) is 39.9 cm³/mol. The van der Waals surface area contributed by atoms with Gasteiger partial charge in [0.25, 0.3) is 0 Å². The van der Waals surface area contributed by atoms with Crippen molar-refractivity contribution in [3.8, 4) is 0 Å². The molecule has 0 aromatic carbocycles. The Balaban J connectivity index is 2.73. The van der Waals surface area contributed by atoms with Crippen molar-refractivity contribution in [2.24, 2.45) is 5.90 Å². The van der Waals surface area contributed by atoms with Crippen molar-refractivity contribution in [2.75, 3.05) is 0 Å². The van der Waals surface area contributed by atoms with Crippen LogP contribution < -0.4 is 5.90 Å². The van der Waals surface area contributed by atoms with Gasteiger partial charge in [0.2, 0.25) is 0 Å². The first-order chi connectivity index (χ1) is 5.24. The number of hydrogen-bond acceptors (Lipinski definition) is 5. The number of nitrogens with zero attached hydrogens (tertiary/aromatic N) is 1. The molecule has 0 atom stereocenters. The predicted octanol–water partition coefficient (Wildman–Crippen LogP) is 1.05. The summed E-state index contributed by atoms with van der Waals surface area (Å²) in [6.45, 7) is 0.221. The summed E-state index contributed by atoms with van der Waals surface area (Å²) >= 11 is 1.06. The van der Waals surface area contributed by atoms with E-state index in [1.54, 1.807) is 6.07 Å². The molecule has 1 aromatic heterocycles. The second kappa shape index (κ2) is 3.42. The highest BCUT2D eigenvalue weighted by Crippen LogP contribution is 2.23. The zero-order valence-corrected chi connectivity index (χ0v) is 6.34. The first-order valence-corrected chi connectivity index (χ1v) is 3.60. The summed E-state index contributed by atoms with van der Waals surface area (Å²) in [4.78, 5) is 14.8. The molecule has 1 rings (SSSR count). The van der Waals surface area contributed by atoms with Crippen molar-refractivity contribution in [2.45, 2.75) is 6.61 Å². The van der Waals surface area contributed by atoms with Crippen LogP contribution in [-0.2, 0) is 11.4 Å². The number of thiophene rings is 1. The minimum absolute atomic E-state index is 0.108. The van der Waals surface area contributed by atoms with Crippen molar-refractivity contribution >= 4 is 16.3 Å². The molecule has 0 saturated carbocycles. The average molecular weight is 174 g/mol. The standard InChI is InChI=1S/C5H6N2O3S/c6-10-3-4-1-2-5(11-4)7(8)9/h1-2H,3,6H2. The van der Waals surface area contributed by atoms with E-state index >= 15 is 0 Å². The van der Waals surface area contributed by atoms with E-state index < -0.39 is 4.92 Å². The zero-order valence-electron chi connectivity index (χ0n) is 5.52. The summed E-state index contributed by atoms with van der Waals surface area (Å²) in [6.07, 6.45) is 0. The van der Waals surface area contributed by atoms with E-state index in [1.807, 2.05) is 0 Å². The fourth-order valence-corrected chi connectivity index (χ4v) is 1.37. The molecule has 0 bridgehead atoms. The lowest BCUT2D eigenvalue weighted by molar-refractivity contribution is -0.380. The van der Waals surface area contributed by atoms with E-state index in [9.17, 15) is 10.1 Å². The van der Waals surface area contributed by atoms with Crippen LogP contribution in [0.5, 0.6) is 0 Å². The molecule has 1 heterocycles. The molecule has 0 spiro atoms. The van der Waals surface area contributed by atoms with Gasteiger partial charge in [-0.25, -0.2) is 5.90 Å². The Hall–Kier alpha value is -0.980. The van der Waals surface area contributed by atoms with Gasteiger partial charge in [0.1, 0.15) is 6.61 Å². The fraction of sp³-hybridized carbons (Fsp3) is 0.200. The van der Waals surface area contributed by atoms with Crippen molar-refractivity contribution in [1.82, 2.24) is 0 Å². The Labute approximate surface area is 66.5 Å². The normalized spacial score (nSPS) is 9.91. The lowest BCUT2D eigenvalue weighted by Gasteiger charge is -1.88. The molecule has 0 aliphatic carbocycles. The number of nitrogens with two attached hydrogens (primary N) is 1. The van der Waals surface area contributed by atoms with E-state index in [1.165, 1.54) is 6.07 Å². The summed E-state index contributed by atoms with van der Waals surface area (Å²) < 4.78 is 0. The molecule has 60 valence electrons. The quantitative estimate of drug-likeness (QED) is 0.548. The number of nitro groups is 1. The van der Waals surface area contributed by atoms with E-state index in [0.717, 1.165) is 16.2 Å². The number of hydrogen-bond donors (Lipinski definition) is 1. The van der Waals surface area contributed by atoms with Gasteiger partial charge >= 0.3 is 5.00 Å². The Morgan fingerprint density at radius 2 is 2.45 bits per heavy atom. The highest BCUT2D eigenvalue weighted by molar-refractivity contribution is 7.15. The molecule has 6 heteroatoms. The Morgan fingerprint density at radius 1 is 1.73 bits per heavy atom. The second-order valence-corrected chi connectivity index (χ2v) is 2.95. The third-order valence-electron chi connectivity index (χ3n) is 1.05. The topological polar surface area (TPSA) is 78.4 Å². The molecular formula is C5H6N2O3S. The van der Waals surface area contributed by atoms with Gasteiger partial charge in [-0.3, -0.25) is 15.0 Å². The molecule has 11 heavy (non-hydrogen) atoms. The fourth-order valence-electron chi connectivity index (χ4n) is 0.624. The van der Waals surface area contributed by atoms with Crippen molar-refractivity contribution < 1.29 is 9.76 Å². The molecule has 0 unspecified atom stereocenters. The monoisotopic (exact) mass is 174 g/mol. The molecule has 0 radical (unpaired) electrons. The summed E-state index contributed by atoms with van der Waals surface area (Å²) in [6, 6.07) is 3.05. The largest absolute Gasteiger partial charge is 0.324 e. The average Bonchev–Trinajstić information content (AvgIpc) is 2.37. The van der Waals surface area contributed by atoms with Crippen LogP contribution >= 0.6 is 11.3 Å². The molecule has 0 saturated heterocycles. The van der Waals surface area contributed by atoms with Crippen molar-refractivity contribution in [1.29, 1.82) is 0 Å². The van der Waals surface area contributed by atoms with Crippen molar-refractivity contribution in [3.05, 3.63) is 27.1 Å². The van der Waals surface area contributed by atoms with Crippen LogP contribution in [0.25, 0.3) is 0 Å². The first-order valence-electron chi connectivity index (χ1n) is 2.79. The highest BCUT2D eigenvalue weighted by Gasteiger charge is 2.08. The maximum atomic E-state index is 10.2. The van der Waals surface area contributed by atoms with Gasteiger partial charge in [-0.2, -0.15) is 0 Å². The molecule has 5 nitrogen and oxygen atoms in total. The third kappa shape index (κ3) is 1.97. The summed E-state index contributed by atoms with van der Waals surface area (Å²) in [5.41, 5.74) is 0. The van der Waals surface area contributed by atoms with Crippen LogP contribution in [0.4, 0.5) is 5.00 Å². The van der Waals surface area contributed by atoms with Crippen LogP contribution in [0.3, 0.4) is 0 Å². The molecule has 0 aliphatic rings. The van der Waals surface area contributed by atoms with Gasteiger partial charge in [0.15, 0.2) is 0 Å². The first kappa shape index (κ1) is 8.12. The SMILES string of the molecule is NOCc1ccc([N+](=O)[O-])s1. The summed E-state index contributed by atoms with van der Waals surface area (Å²) in [5.74, 6) is 4.78. The molecule has 0 fully saturated rings. The molecule has 0 aliphatic heterocycles.